The van der Waals surface area contributed by atoms with Crippen LogP contribution in [0.4, 0.5) is 0 Å². The quantitative estimate of drug-likeness (QED) is 0.508. The number of carbonyl (C=O) groups excluding carboxylic acids is 1. The molecule has 0 saturated carbocycles. The van der Waals surface area contributed by atoms with Gasteiger partial charge in [0.1, 0.15) is 5.60 Å². The summed E-state index contributed by atoms with van der Waals surface area (Å²) in [5.41, 5.74) is -3.18. The molecule has 0 bridgehead atoms. The summed E-state index contributed by atoms with van der Waals surface area (Å²) in [5, 5.41) is 12.2. The molecule has 1 rings (SSSR count). The van der Waals surface area contributed by atoms with Crippen LogP contribution in [0.25, 0.3) is 0 Å². The van der Waals surface area contributed by atoms with Crippen LogP contribution < -0.4 is 5.32 Å². The predicted octanol–water partition coefficient (Wildman–Crippen LogP) is -0.984. The second kappa shape index (κ2) is 5.30. The van der Waals surface area contributed by atoms with Crippen molar-refractivity contribution >= 4 is 22.0 Å². The summed E-state index contributed by atoms with van der Waals surface area (Å²) in [6.45, 7) is 4.59. The van der Waals surface area contributed by atoms with E-state index in [0.717, 1.165) is 6.26 Å². The molecule has 116 valence electrons. The third kappa shape index (κ3) is 3.28. The van der Waals surface area contributed by atoms with Gasteiger partial charge in [0.05, 0.1) is 6.26 Å². The van der Waals surface area contributed by atoms with Gasteiger partial charge in [0, 0.05) is 19.6 Å². The number of nitrogens with zero attached hydrogens (tertiary/aromatic N) is 1. The van der Waals surface area contributed by atoms with Crippen LogP contribution in [0.3, 0.4) is 0 Å². The summed E-state index contributed by atoms with van der Waals surface area (Å²) < 4.78 is 29.4. The van der Waals surface area contributed by atoms with Crippen molar-refractivity contribution in [2.75, 3.05) is 25.9 Å². The Morgan fingerprint density at radius 3 is 2.30 bits per heavy atom. The number of carboxylic acids is 1. The number of rotatable bonds is 3. The number of piperazine rings is 1. The van der Waals surface area contributed by atoms with E-state index in [4.69, 9.17) is 4.74 Å². The molecule has 1 atom stereocenters. The van der Waals surface area contributed by atoms with Crippen molar-refractivity contribution in [1.29, 1.82) is 0 Å². The Labute approximate surface area is 118 Å². The standard InChI is InChI=1S/C11H20N2O6S/c1-10(2,3)19-9(16)11(8(14)15)7-12-5-6-13(11)20(4,17)18/h12H,5-7H2,1-4H3,(H,14,15). The zero-order chi connectivity index (χ0) is 15.8. The Morgan fingerprint density at radius 1 is 1.35 bits per heavy atom. The van der Waals surface area contributed by atoms with Crippen molar-refractivity contribution in [2.24, 2.45) is 0 Å². The van der Waals surface area contributed by atoms with Gasteiger partial charge >= 0.3 is 11.9 Å². The highest BCUT2D eigenvalue weighted by Gasteiger charge is 2.58. The molecule has 1 unspecified atom stereocenters. The molecule has 0 spiro atoms. The highest BCUT2D eigenvalue weighted by atomic mass is 32.2. The summed E-state index contributed by atoms with van der Waals surface area (Å²) in [4.78, 5) is 23.9. The zero-order valence-electron chi connectivity index (χ0n) is 12.0. The fourth-order valence-electron chi connectivity index (χ4n) is 1.98. The van der Waals surface area contributed by atoms with E-state index in [-0.39, 0.29) is 19.6 Å². The molecule has 20 heavy (non-hydrogen) atoms. The summed E-state index contributed by atoms with van der Waals surface area (Å²) in [6.07, 6.45) is 0.875. The molecule has 8 nitrogen and oxygen atoms in total. The molecule has 0 aromatic rings. The van der Waals surface area contributed by atoms with Crippen LogP contribution in [0.2, 0.25) is 0 Å². The maximum absolute atomic E-state index is 12.3. The molecule has 1 fully saturated rings. The average molecular weight is 308 g/mol. The molecule has 0 aromatic heterocycles. The monoisotopic (exact) mass is 308 g/mol. The Morgan fingerprint density at radius 2 is 1.90 bits per heavy atom. The third-order valence-corrected chi connectivity index (χ3v) is 4.08. The highest BCUT2D eigenvalue weighted by molar-refractivity contribution is 7.88. The lowest BCUT2D eigenvalue weighted by molar-refractivity contribution is -0.176. The van der Waals surface area contributed by atoms with Crippen molar-refractivity contribution in [3.8, 4) is 0 Å². The van der Waals surface area contributed by atoms with Gasteiger partial charge in [-0.1, -0.05) is 0 Å². The Balaban J connectivity index is 3.31. The van der Waals surface area contributed by atoms with Gasteiger partial charge in [0.25, 0.3) is 0 Å². The molecule has 0 radical (unpaired) electrons. The first-order valence-electron chi connectivity index (χ1n) is 6.06. The van der Waals surface area contributed by atoms with Gasteiger partial charge < -0.3 is 15.2 Å². The third-order valence-electron chi connectivity index (χ3n) is 2.79. The van der Waals surface area contributed by atoms with Crippen LogP contribution in [0, 0.1) is 0 Å². The van der Waals surface area contributed by atoms with Crippen molar-refractivity contribution in [2.45, 2.75) is 31.9 Å². The topological polar surface area (TPSA) is 113 Å². The van der Waals surface area contributed by atoms with Crippen LogP contribution in [-0.2, 0) is 24.3 Å². The molecule has 0 amide bonds. The molecule has 2 N–H and O–H groups in total. The normalized spacial score (nSPS) is 25.2. The number of carboxylic acid groups (broad SMARTS) is 1. The van der Waals surface area contributed by atoms with Crippen molar-refractivity contribution in [3.63, 3.8) is 0 Å². The fraction of sp³-hybridized carbons (Fsp3) is 0.818. The highest BCUT2D eigenvalue weighted by Crippen LogP contribution is 2.25. The number of carbonyl (C=O) groups is 2. The number of hydrogen-bond acceptors (Lipinski definition) is 6. The molecule has 1 saturated heterocycles. The average Bonchev–Trinajstić information content (AvgIpc) is 2.24. The molecule has 9 heteroatoms. The number of esters is 1. The predicted molar refractivity (Wildman–Crippen MR) is 70.6 cm³/mol. The Kier molecular flexibility index (Phi) is 4.47. The van der Waals surface area contributed by atoms with E-state index in [0.29, 0.717) is 4.31 Å². The van der Waals surface area contributed by atoms with Gasteiger partial charge in [-0.2, -0.15) is 4.31 Å². The first-order chi connectivity index (χ1) is 8.91. The lowest BCUT2D eigenvalue weighted by Gasteiger charge is -2.41. The minimum absolute atomic E-state index is 0.107. The molecule has 1 aliphatic rings. The van der Waals surface area contributed by atoms with E-state index < -0.39 is 33.1 Å². The van der Waals surface area contributed by atoms with Gasteiger partial charge in [0.15, 0.2) is 0 Å². The van der Waals surface area contributed by atoms with Crippen molar-refractivity contribution < 1.29 is 27.9 Å². The van der Waals surface area contributed by atoms with Gasteiger partial charge in [-0.05, 0) is 20.8 Å². The second-order valence-electron chi connectivity index (χ2n) is 5.68. The maximum Gasteiger partial charge on any atom is 0.341 e. The Bertz CT molecular complexity index is 509. The van der Waals surface area contributed by atoms with Crippen LogP contribution >= 0.6 is 0 Å². The smallest absolute Gasteiger partial charge is 0.341 e. The van der Waals surface area contributed by atoms with Crippen molar-refractivity contribution in [1.82, 2.24) is 9.62 Å². The maximum atomic E-state index is 12.3. The van der Waals surface area contributed by atoms with E-state index in [1.54, 1.807) is 20.8 Å². The molecule has 0 aliphatic carbocycles. The first-order valence-corrected chi connectivity index (χ1v) is 7.91. The number of nitrogens with one attached hydrogen (secondary N) is 1. The van der Waals surface area contributed by atoms with E-state index in [2.05, 4.69) is 5.32 Å². The lowest BCUT2D eigenvalue weighted by atomic mass is 9.97. The summed E-state index contributed by atoms with van der Waals surface area (Å²) in [7, 11) is -3.87. The lowest BCUT2D eigenvalue weighted by Crippen LogP contribution is -2.71. The van der Waals surface area contributed by atoms with Gasteiger partial charge in [-0.3, -0.25) is 0 Å². The molecule has 0 aromatic carbocycles. The largest absolute Gasteiger partial charge is 0.479 e. The van der Waals surface area contributed by atoms with Gasteiger partial charge in [-0.15, -0.1) is 0 Å². The number of hydrogen-bond donors (Lipinski definition) is 2. The first kappa shape index (κ1) is 16.9. The number of ether oxygens (including phenoxy) is 1. The van der Waals surface area contributed by atoms with E-state index >= 15 is 0 Å². The van der Waals surface area contributed by atoms with Crippen LogP contribution in [0.1, 0.15) is 20.8 Å². The van der Waals surface area contributed by atoms with Crippen LogP contribution in [0.5, 0.6) is 0 Å². The summed E-state index contributed by atoms with van der Waals surface area (Å²) in [6, 6.07) is 0. The fourth-order valence-corrected chi connectivity index (χ4v) is 3.19. The summed E-state index contributed by atoms with van der Waals surface area (Å²) >= 11 is 0. The van der Waals surface area contributed by atoms with Gasteiger partial charge in [-0.25, -0.2) is 18.0 Å². The van der Waals surface area contributed by atoms with Gasteiger partial charge in [0.2, 0.25) is 15.6 Å². The van der Waals surface area contributed by atoms with E-state index in [9.17, 15) is 23.1 Å². The molecule has 1 heterocycles. The SMILES string of the molecule is CC(C)(C)OC(=O)C1(C(=O)O)CNCCN1S(C)(=O)=O. The van der Waals surface area contributed by atoms with Crippen LogP contribution in [-0.4, -0.2) is 66.8 Å². The molecule has 1 aliphatic heterocycles. The van der Waals surface area contributed by atoms with Crippen molar-refractivity contribution in [3.05, 3.63) is 0 Å². The zero-order valence-corrected chi connectivity index (χ0v) is 12.8. The minimum Gasteiger partial charge on any atom is -0.479 e. The number of sulfonamides is 1. The minimum atomic E-state index is -3.87. The number of aliphatic carboxylic acids is 1. The summed E-state index contributed by atoms with van der Waals surface area (Å²) in [5.74, 6) is -2.64. The van der Waals surface area contributed by atoms with Crippen LogP contribution in [0.15, 0.2) is 0 Å². The molecular formula is C11H20N2O6S. The van der Waals surface area contributed by atoms with E-state index in [1.165, 1.54) is 0 Å². The molecular weight excluding hydrogens is 288 g/mol. The second-order valence-corrected chi connectivity index (χ2v) is 7.59. The Hall–Kier alpha value is -1.19. The van der Waals surface area contributed by atoms with E-state index in [1.807, 2.05) is 0 Å².